The Balaban J connectivity index is -0.000000605. The fourth-order valence-corrected chi connectivity index (χ4v) is 0.782. The Morgan fingerprint density at radius 3 is 1.00 bits per heavy atom. The van der Waals surface area contributed by atoms with Crippen molar-refractivity contribution in [2.45, 2.75) is 0 Å². The molecule has 0 bridgehead atoms. The first-order valence-electron chi connectivity index (χ1n) is 4.47. The molecule has 0 N–H and O–H groups in total. The standard InChI is InChI=1S/C10H24N2.2BrH/c1-11(2,3)9-7-8-10-12(4,5)6;;/h7-8H,9-10H2,1-6H3;2*1H/q+2;;/p-2/b8-7+;;. The lowest BCUT2D eigenvalue weighted by molar-refractivity contribution is -0.866. The van der Waals surface area contributed by atoms with Gasteiger partial charge in [0.05, 0.1) is 55.4 Å². The van der Waals surface area contributed by atoms with Crippen LogP contribution in [0.25, 0.3) is 0 Å². The fourth-order valence-electron chi connectivity index (χ4n) is 0.782. The van der Waals surface area contributed by atoms with Gasteiger partial charge in [-0.15, -0.1) is 0 Å². The average molecular weight is 332 g/mol. The zero-order chi connectivity index (χ0) is 9.83. The zero-order valence-electron chi connectivity index (χ0n) is 10.2. The molecule has 0 heterocycles. The Bertz CT molecular complexity index is 136. The van der Waals surface area contributed by atoms with Crippen LogP contribution < -0.4 is 34.0 Å². The topological polar surface area (TPSA) is 0 Å². The van der Waals surface area contributed by atoms with Crippen LogP contribution in [0.4, 0.5) is 0 Å². The molecule has 88 valence electrons. The Kier molecular flexibility index (Phi) is 11.3. The van der Waals surface area contributed by atoms with Crippen LogP contribution in [-0.2, 0) is 0 Å². The predicted molar refractivity (Wildman–Crippen MR) is 54.9 cm³/mol. The summed E-state index contributed by atoms with van der Waals surface area (Å²) in [6.45, 7) is 2.22. The van der Waals surface area contributed by atoms with Gasteiger partial charge in [-0.2, -0.15) is 0 Å². The van der Waals surface area contributed by atoms with Crippen molar-refractivity contribution < 1.29 is 42.9 Å². The first kappa shape index (κ1) is 20.1. The van der Waals surface area contributed by atoms with Gasteiger partial charge in [-0.3, -0.25) is 0 Å². The van der Waals surface area contributed by atoms with Gasteiger partial charge in [-0.25, -0.2) is 0 Å². The predicted octanol–water partition coefficient (Wildman–Crippen LogP) is -5.04. The van der Waals surface area contributed by atoms with Gasteiger partial charge in [0.2, 0.25) is 0 Å². The maximum Gasteiger partial charge on any atom is 0.0969 e. The highest BCUT2D eigenvalue weighted by Gasteiger charge is 2.04. The lowest BCUT2D eigenvalue weighted by Gasteiger charge is -2.23. The van der Waals surface area contributed by atoms with E-state index >= 15 is 0 Å². The Labute approximate surface area is 110 Å². The molecule has 4 heteroatoms. The number of hydrogen-bond donors (Lipinski definition) is 0. The van der Waals surface area contributed by atoms with E-state index in [9.17, 15) is 0 Å². The van der Waals surface area contributed by atoms with Crippen molar-refractivity contribution in [2.24, 2.45) is 0 Å². The molecular formula is C10H24Br2N2. The summed E-state index contributed by atoms with van der Waals surface area (Å²) in [7, 11) is 13.2. The van der Waals surface area contributed by atoms with Gasteiger partial charge in [0.1, 0.15) is 0 Å². The molecule has 0 fully saturated rings. The van der Waals surface area contributed by atoms with Crippen LogP contribution in [0.1, 0.15) is 0 Å². The van der Waals surface area contributed by atoms with E-state index in [1.165, 1.54) is 0 Å². The molecule has 0 aromatic heterocycles. The van der Waals surface area contributed by atoms with E-state index in [2.05, 4.69) is 54.4 Å². The quantitative estimate of drug-likeness (QED) is 0.357. The summed E-state index contributed by atoms with van der Waals surface area (Å²) in [5.74, 6) is 0. The van der Waals surface area contributed by atoms with Gasteiger partial charge in [0.15, 0.2) is 0 Å². The third kappa shape index (κ3) is 18.4. The van der Waals surface area contributed by atoms with E-state index in [0.717, 1.165) is 22.1 Å². The smallest absolute Gasteiger partial charge is 0.0969 e. The summed E-state index contributed by atoms with van der Waals surface area (Å²) >= 11 is 0. The van der Waals surface area contributed by atoms with Crippen LogP contribution in [0, 0.1) is 0 Å². The highest BCUT2D eigenvalue weighted by molar-refractivity contribution is 4.80. The summed E-state index contributed by atoms with van der Waals surface area (Å²) in [5, 5.41) is 0. The average Bonchev–Trinajstić information content (AvgIpc) is 1.76. The third-order valence-electron chi connectivity index (χ3n) is 1.47. The number of halogens is 2. The van der Waals surface area contributed by atoms with Crippen LogP contribution in [0.2, 0.25) is 0 Å². The minimum Gasteiger partial charge on any atom is -1.00 e. The van der Waals surface area contributed by atoms with E-state index in [-0.39, 0.29) is 34.0 Å². The van der Waals surface area contributed by atoms with Crippen LogP contribution >= 0.6 is 0 Å². The Hall–Kier alpha value is 0.620. The number of nitrogens with zero attached hydrogens (tertiary/aromatic N) is 2. The molecule has 0 saturated heterocycles. The van der Waals surface area contributed by atoms with Crippen molar-refractivity contribution >= 4 is 0 Å². The van der Waals surface area contributed by atoms with Crippen molar-refractivity contribution in [1.29, 1.82) is 0 Å². The van der Waals surface area contributed by atoms with Gasteiger partial charge in [-0.05, 0) is 12.2 Å². The maximum absolute atomic E-state index is 2.27. The van der Waals surface area contributed by atoms with E-state index in [4.69, 9.17) is 0 Å². The molecule has 0 aliphatic carbocycles. The molecule has 0 spiro atoms. The summed E-state index contributed by atoms with van der Waals surface area (Å²) in [5.41, 5.74) is 0. The first-order valence-corrected chi connectivity index (χ1v) is 4.47. The van der Waals surface area contributed by atoms with E-state index in [1.54, 1.807) is 0 Å². The summed E-state index contributed by atoms with van der Waals surface area (Å²) < 4.78 is 2.02. The molecule has 14 heavy (non-hydrogen) atoms. The second kappa shape index (κ2) is 7.85. The highest BCUT2D eigenvalue weighted by atomic mass is 79.9. The van der Waals surface area contributed by atoms with Crippen molar-refractivity contribution in [3.05, 3.63) is 12.2 Å². The van der Waals surface area contributed by atoms with Crippen LogP contribution in [-0.4, -0.2) is 64.3 Å². The van der Waals surface area contributed by atoms with E-state index in [0.29, 0.717) is 0 Å². The zero-order valence-corrected chi connectivity index (χ0v) is 13.4. The SMILES string of the molecule is C[N+](C)(C)C/C=C/C[N+](C)(C)C.[Br-].[Br-]. The van der Waals surface area contributed by atoms with Crippen LogP contribution in [0.15, 0.2) is 12.2 Å². The second-order valence-corrected chi connectivity index (χ2v) is 5.42. The number of likely N-dealkylation sites (N-methyl/N-ethyl adjacent to an activating group) is 2. The molecule has 0 aliphatic heterocycles. The third-order valence-corrected chi connectivity index (χ3v) is 1.47. The van der Waals surface area contributed by atoms with Gasteiger partial charge < -0.3 is 42.9 Å². The summed E-state index contributed by atoms with van der Waals surface area (Å²) in [4.78, 5) is 0. The second-order valence-electron chi connectivity index (χ2n) is 5.42. The molecule has 0 aromatic rings. The molecule has 0 aromatic carbocycles. The van der Waals surface area contributed by atoms with Gasteiger partial charge in [-0.1, -0.05) is 0 Å². The maximum atomic E-state index is 2.27. The molecule has 0 unspecified atom stereocenters. The Morgan fingerprint density at radius 2 is 0.857 bits per heavy atom. The molecule has 0 radical (unpaired) electrons. The highest BCUT2D eigenvalue weighted by Crippen LogP contribution is 1.93. The summed E-state index contributed by atoms with van der Waals surface area (Å²) in [6.07, 6.45) is 4.53. The van der Waals surface area contributed by atoms with Crippen LogP contribution in [0.5, 0.6) is 0 Å². The van der Waals surface area contributed by atoms with Crippen LogP contribution in [0.3, 0.4) is 0 Å². The van der Waals surface area contributed by atoms with Gasteiger partial charge >= 0.3 is 0 Å². The van der Waals surface area contributed by atoms with E-state index < -0.39 is 0 Å². The summed E-state index contributed by atoms with van der Waals surface area (Å²) in [6, 6.07) is 0. The monoisotopic (exact) mass is 330 g/mol. The Morgan fingerprint density at radius 1 is 0.643 bits per heavy atom. The first-order chi connectivity index (χ1) is 5.21. The lowest BCUT2D eigenvalue weighted by Crippen LogP contribution is -3.00. The number of quaternary nitrogens is 2. The molecular weight excluding hydrogens is 308 g/mol. The number of hydrogen-bond acceptors (Lipinski definition) is 0. The minimum absolute atomic E-state index is 0. The molecule has 0 atom stereocenters. The molecule has 0 rings (SSSR count). The molecule has 0 amide bonds. The lowest BCUT2D eigenvalue weighted by atomic mass is 10.4. The van der Waals surface area contributed by atoms with E-state index in [1.807, 2.05) is 0 Å². The van der Waals surface area contributed by atoms with Crippen molar-refractivity contribution in [2.75, 3.05) is 55.4 Å². The number of rotatable bonds is 4. The fraction of sp³-hybridized carbons (Fsp3) is 0.800. The molecule has 2 nitrogen and oxygen atoms in total. The van der Waals surface area contributed by atoms with Gasteiger partial charge in [0, 0.05) is 0 Å². The normalized spacial score (nSPS) is 12.1. The largest absolute Gasteiger partial charge is 1.00 e. The van der Waals surface area contributed by atoms with Gasteiger partial charge in [0.25, 0.3) is 0 Å². The minimum atomic E-state index is 0. The van der Waals surface area contributed by atoms with Crippen molar-refractivity contribution in [3.63, 3.8) is 0 Å². The molecule has 0 saturated carbocycles. The molecule has 0 aliphatic rings. The van der Waals surface area contributed by atoms with Crippen molar-refractivity contribution in [3.8, 4) is 0 Å². The van der Waals surface area contributed by atoms with Crippen molar-refractivity contribution in [1.82, 2.24) is 0 Å².